The van der Waals surface area contributed by atoms with E-state index in [1.54, 1.807) is 7.11 Å². The number of ether oxygens (including phenoxy) is 1. The zero-order valence-electron chi connectivity index (χ0n) is 15.8. The van der Waals surface area contributed by atoms with Gasteiger partial charge < -0.3 is 9.64 Å². The third-order valence-corrected chi connectivity index (χ3v) is 7.01. The molecule has 0 aromatic heterocycles. The first-order valence-electron chi connectivity index (χ1n) is 9.91. The highest BCUT2D eigenvalue weighted by Crippen LogP contribution is 2.45. The molecule has 0 N–H and O–H groups in total. The summed E-state index contributed by atoms with van der Waals surface area (Å²) in [4.78, 5) is 15.4. The number of likely N-dealkylation sites (tertiary alicyclic amines) is 1. The SMILES string of the molecule is COC1CCC(C(=O)N2CC[C@]3(C)CC2Cc2cc(C#N)ccc23)CC1. The van der Waals surface area contributed by atoms with Gasteiger partial charge in [-0.3, -0.25) is 4.79 Å². The maximum Gasteiger partial charge on any atom is 0.225 e. The number of carbonyl (C=O) groups is 1. The fourth-order valence-corrected chi connectivity index (χ4v) is 5.45. The first-order chi connectivity index (χ1) is 12.5. The van der Waals surface area contributed by atoms with Crippen LogP contribution in [0.1, 0.15) is 62.1 Å². The predicted octanol–water partition coefficient (Wildman–Crippen LogP) is 3.57. The van der Waals surface area contributed by atoms with E-state index in [1.807, 2.05) is 12.1 Å². The Hall–Kier alpha value is -1.86. The molecule has 1 saturated carbocycles. The molecule has 4 heteroatoms. The Bertz CT molecular complexity index is 745. The molecule has 0 spiro atoms. The second-order valence-electron chi connectivity index (χ2n) is 8.60. The molecule has 138 valence electrons. The van der Waals surface area contributed by atoms with Crippen molar-refractivity contribution in [1.29, 1.82) is 5.26 Å². The largest absolute Gasteiger partial charge is 0.381 e. The highest BCUT2D eigenvalue weighted by atomic mass is 16.5. The van der Waals surface area contributed by atoms with E-state index in [-0.39, 0.29) is 17.4 Å². The highest BCUT2D eigenvalue weighted by molar-refractivity contribution is 5.79. The lowest BCUT2D eigenvalue weighted by atomic mass is 9.64. The van der Waals surface area contributed by atoms with Crippen LogP contribution in [0, 0.1) is 17.2 Å². The number of carbonyl (C=O) groups excluding carboxylic acids is 1. The van der Waals surface area contributed by atoms with Crippen molar-refractivity contribution >= 4 is 5.91 Å². The topological polar surface area (TPSA) is 53.3 Å². The molecule has 26 heavy (non-hydrogen) atoms. The minimum Gasteiger partial charge on any atom is -0.381 e. The molecule has 2 bridgehead atoms. The molecule has 1 saturated heterocycles. The molecule has 1 aromatic carbocycles. The smallest absolute Gasteiger partial charge is 0.225 e. The van der Waals surface area contributed by atoms with Crippen LogP contribution in [0.4, 0.5) is 0 Å². The van der Waals surface area contributed by atoms with Crippen LogP contribution in [0.15, 0.2) is 18.2 Å². The first kappa shape index (κ1) is 17.5. The molecule has 3 aliphatic rings. The summed E-state index contributed by atoms with van der Waals surface area (Å²) < 4.78 is 5.45. The minimum absolute atomic E-state index is 0.136. The van der Waals surface area contributed by atoms with Gasteiger partial charge in [0.05, 0.1) is 17.7 Å². The molecule has 2 atom stereocenters. The van der Waals surface area contributed by atoms with Gasteiger partial charge in [0.25, 0.3) is 0 Å². The van der Waals surface area contributed by atoms with Gasteiger partial charge in [-0.1, -0.05) is 13.0 Å². The Kier molecular flexibility index (Phi) is 4.52. The number of hydrogen-bond donors (Lipinski definition) is 0. The normalized spacial score (nSPS) is 33.3. The van der Waals surface area contributed by atoms with Crippen molar-refractivity contribution in [1.82, 2.24) is 4.90 Å². The number of nitrogens with zero attached hydrogens (tertiary/aromatic N) is 2. The van der Waals surface area contributed by atoms with Gasteiger partial charge in [0.1, 0.15) is 0 Å². The maximum atomic E-state index is 13.2. The summed E-state index contributed by atoms with van der Waals surface area (Å²) in [6, 6.07) is 8.66. The molecule has 0 radical (unpaired) electrons. The molecule has 1 aliphatic heterocycles. The first-order valence-corrected chi connectivity index (χ1v) is 9.91. The molecule has 2 fully saturated rings. The van der Waals surface area contributed by atoms with Crippen LogP contribution >= 0.6 is 0 Å². The summed E-state index contributed by atoms with van der Waals surface area (Å²) >= 11 is 0. The third-order valence-electron chi connectivity index (χ3n) is 7.01. The number of amides is 1. The Morgan fingerprint density at radius 3 is 2.77 bits per heavy atom. The predicted molar refractivity (Wildman–Crippen MR) is 99.7 cm³/mol. The summed E-state index contributed by atoms with van der Waals surface area (Å²) in [5, 5.41) is 9.23. The minimum atomic E-state index is 0.136. The summed E-state index contributed by atoms with van der Waals surface area (Å²) in [7, 11) is 1.77. The average Bonchev–Trinajstić information content (AvgIpc) is 2.67. The number of nitriles is 1. The van der Waals surface area contributed by atoms with Crippen LogP contribution in [0.25, 0.3) is 0 Å². The summed E-state index contributed by atoms with van der Waals surface area (Å²) in [6.45, 7) is 3.19. The van der Waals surface area contributed by atoms with Crippen LogP contribution in [-0.2, 0) is 21.4 Å². The van der Waals surface area contributed by atoms with E-state index in [9.17, 15) is 10.1 Å². The standard InChI is InChI=1S/C22H28N2O2/c1-22-9-10-24(21(25)16-4-6-19(26-2)7-5-16)18(13-22)12-17-11-15(14-23)3-8-20(17)22/h3,8,11,16,18-19H,4-7,9-10,12-13H2,1-2H3/t16?,18?,19?,22-/m1/s1. The molecule has 4 rings (SSSR count). The van der Waals surface area contributed by atoms with Crippen molar-refractivity contribution < 1.29 is 9.53 Å². The average molecular weight is 352 g/mol. The molecule has 1 amide bonds. The van der Waals surface area contributed by atoms with Gasteiger partial charge in [0.2, 0.25) is 5.91 Å². The fourth-order valence-electron chi connectivity index (χ4n) is 5.45. The van der Waals surface area contributed by atoms with E-state index >= 15 is 0 Å². The molecule has 1 unspecified atom stereocenters. The summed E-state index contributed by atoms with van der Waals surface area (Å²) in [6.07, 6.45) is 7.18. The summed E-state index contributed by atoms with van der Waals surface area (Å²) in [5.74, 6) is 0.518. The van der Waals surface area contributed by atoms with Gasteiger partial charge in [-0.05, 0) is 73.6 Å². The zero-order valence-corrected chi connectivity index (χ0v) is 15.8. The third kappa shape index (κ3) is 2.93. The van der Waals surface area contributed by atoms with Crippen LogP contribution in [0.5, 0.6) is 0 Å². The van der Waals surface area contributed by atoms with Gasteiger partial charge in [0.15, 0.2) is 0 Å². The number of benzene rings is 1. The van der Waals surface area contributed by atoms with E-state index in [0.29, 0.717) is 12.0 Å². The zero-order chi connectivity index (χ0) is 18.3. The number of methoxy groups -OCH3 is 1. The number of hydrogen-bond acceptors (Lipinski definition) is 3. The van der Waals surface area contributed by atoms with Gasteiger partial charge in [-0.25, -0.2) is 0 Å². The maximum absolute atomic E-state index is 13.2. The molecule has 1 aromatic rings. The lowest BCUT2D eigenvalue weighted by molar-refractivity contribution is -0.142. The number of fused-ring (bicyclic) bond motifs is 4. The molecule has 1 heterocycles. The van der Waals surface area contributed by atoms with Crippen LogP contribution in [0.3, 0.4) is 0 Å². The van der Waals surface area contributed by atoms with E-state index in [4.69, 9.17) is 4.74 Å². The van der Waals surface area contributed by atoms with Crippen LogP contribution in [0.2, 0.25) is 0 Å². The second kappa shape index (κ2) is 6.70. The number of piperidine rings is 1. The number of rotatable bonds is 2. The van der Waals surface area contributed by atoms with Gasteiger partial charge in [0, 0.05) is 25.6 Å². The van der Waals surface area contributed by atoms with Crippen LogP contribution in [-0.4, -0.2) is 36.6 Å². The van der Waals surface area contributed by atoms with Crippen molar-refractivity contribution in [3.05, 3.63) is 34.9 Å². The molecular weight excluding hydrogens is 324 g/mol. The van der Waals surface area contributed by atoms with E-state index < -0.39 is 0 Å². The van der Waals surface area contributed by atoms with E-state index in [0.717, 1.165) is 57.1 Å². The van der Waals surface area contributed by atoms with Crippen molar-refractivity contribution in [3.8, 4) is 6.07 Å². The Morgan fingerprint density at radius 1 is 1.31 bits per heavy atom. The highest BCUT2D eigenvalue weighted by Gasteiger charge is 2.45. The van der Waals surface area contributed by atoms with Crippen molar-refractivity contribution in [2.45, 2.75) is 69.4 Å². The van der Waals surface area contributed by atoms with Gasteiger partial charge >= 0.3 is 0 Å². The Balaban J connectivity index is 1.53. The Morgan fingerprint density at radius 2 is 2.08 bits per heavy atom. The molecule has 2 aliphatic carbocycles. The van der Waals surface area contributed by atoms with Crippen molar-refractivity contribution in [2.24, 2.45) is 5.92 Å². The van der Waals surface area contributed by atoms with Crippen molar-refractivity contribution in [2.75, 3.05) is 13.7 Å². The molecule has 4 nitrogen and oxygen atoms in total. The second-order valence-corrected chi connectivity index (χ2v) is 8.60. The van der Waals surface area contributed by atoms with Gasteiger partial charge in [-0.2, -0.15) is 5.26 Å². The van der Waals surface area contributed by atoms with E-state index in [1.165, 1.54) is 11.1 Å². The molecular formula is C22H28N2O2. The van der Waals surface area contributed by atoms with Gasteiger partial charge in [-0.15, -0.1) is 0 Å². The summed E-state index contributed by atoms with van der Waals surface area (Å²) in [5.41, 5.74) is 3.52. The Labute approximate surface area is 156 Å². The quantitative estimate of drug-likeness (QED) is 0.818. The lowest BCUT2D eigenvalue weighted by Crippen LogP contribution is -2.55. The fraction of sp³-hybridized carbons (Fsp3) is 0.636. The van der Waals surface area contributed by atoms with E-state index in [2.05, 4.69) is 24.0 Å². The van der Waals surface area contributed by atoms with Crippen molar-refractivity contribution in [3.63, 3.8) is 0 Å². The lowest BCUT2D eigenvalue weighted by Gasteiger charge is -2.50. The monoisotopic (exact) mass is 352 g/mol. The van der Waals surface area contributed by atoms with Crippen LogP contribution < -0.4 is 0 Å².